The summed E-state index contributed by atoms with van der Waals surface area (Å²) >= 11 is 0. The Bertz CT molecular complexity index is 265. The minimum absolute atomic E-state index is 0.123. The van der Waals surface area contributed by atoms with Crippen LogP contribution in [-0.2, 0) is 19.1 Å². The van der Waals surface area contributed by atoms with Gasteiger partial charge in [0, 0.05) is 13.2 Å². The molecule has 0 spiro atoms. The van der Waals surface area contributed by atoms with Crippen LogP contribution in [0.5, 0.6) is 0 Å². The summed E-state index contributed by atoms with van der Waals surface area (Å²) in [4.78, 5) is 23.8. The molecule has 0 saturated heterocycles. The Hall–Kier alpha value is -1.14. The normalized spacial score (nSPS) is 14.6. The standard InChI is InChI=1S/C11H19NO5/c1-16-6-7-17-5-4-10(13)12(8-11(14)15)9-2-3-9/h9H,2-8H2,1H3,(H,14,15). The molecule has 1 fully saturated rings. The molecule has 0 aromatic rings. The minimum Gasteiger partial charge on any atom is -0.480 e. The number of aliphatic carboxylic acids is 1. The van der Waals surface area contributed by atoms with Crippen molar-refractivity contribution in [2.24, 2.45) is 0 Å². The zero-order chi connectivity index (χ0) is 12.7. The lowest BCUT2D eigenvalue weighted by Crippen LogP contribution is -2.37. The van der Waals surface area contributed by atoms with Crippen LogP contribution in [0.25, 0.3) is 0 Å². The molecular formula is C11H19NO5. The van der Waals surface area contributed by atoms with Gasteiger partial charge in [0.2, 0.25) is 5.91 Å². The number of rotatable bonds is 9. The highest BCUT2D eigenvalue weighted by Gasteiger charge is 2.33. The van der Waals surface area contributed by atoms with Gasteiger partial charge in [0.1, 0.15) is 6.54 Å². The second-order valence-electron chi connectivity index (χ2n) is 4.00. The third-order valence-electron chi connectivity index (χ3n) is 2.51. The highest BCUT2D eigenvalue weighted by molar-refractivity contribution is 5.82. The summed E-state index contributed by atoms with van der Waals surface area (Å²) in [6, 6.07) is 0.123. The molecule has 17 heavy (non-hydrogen) atoms. The fraction of sp³-hybridized carbons (Fsp3) is 0.818. The highest BCUT2D eigenvalue weighted by atomic mass is 16.5. The summed E-state index contributed by atoms with van der Waals surface area (Å²) in [6.45, 7) is 1.05. The van der Waals surface area contributed by atoms with Crippen molar-refractivity contribution in [2.45, 2.75) is 25.3 Å². The van der Waals surface area contributed by atoms with Gasteiger partial charge in [0.15, 0.2) is 0 Å². The van der Waals surface area contributed by atoms with Crippen LogP contribution in [0.1, 0.15) is 19.3 Å². The predicted octanol–water partition coefficient (Wildman–Crippen LogP) is 0.115. The number of carboxylic acid groups (broad SMARTS) is 1. The molecule has 0 aromatic heterocycles. The van der Waals surface area contributed by atoms with E-state index < -0.39 is 5.97 Å². The van der Waals surface area contributed by atoms with Crippen LogP contribution in [0.3, 0.4) is 0 Å². The van der Waals surface area contributed by atoms with E-state index in [0.29, 0.717) is 19.8 Å². The van der Waals surface area contributed by atoms with E-state index in [1.54, 1.807) is 7.11 Å². The van der Waals surface area contributed by atoms with Crippen LogP contribution >= 0.6 is 0 Å². The molecule has 1 aliphatic carbocycles. The monoisotopic (exact) mass is 245 g/mol. The number of amides is 1. The number of hydrogen-bond acceptors (Lipinski definition) is 4. The molecule has 0 heterocycles. The van der Waals surface area contributed by atoms with E-state index in [1.165, 1.54) is 4.90 Å². The van der Waals surface area contributed by atoms with Crippen molar-refractivity contribution in [1.29, 1.82) is 0 Å². The van der Waals surface area contributed by atoms with Crippen molar-refractivity contribution in [2.75, 3.05) is 33.5 Å². The number of carbonyl (C=O) groups is 2. The van der Waals surface area contributed by atoms with E-state index >= 15 is 0 Å². The third-order valence-corrected chi connectivity index (χ3v) is 2.51. The van der Waals surface area contributed by atoms with Gasteiger partial charge in [-0.25, -0.2) is 0 Å². The van der Waals surface area contributed by atoms with Crippen molar-refractivity contribution < 1.29 is 24.2 Å². The van der Waals surface area contributed by atoms with Gasteiger partial charge in [0.25, 0.3) is 0 Å². The quantitative estimate of drug-likeness (QED) is 0.584. The predicted molar refractivity (Wildman–Crippen MR) is 59.7 cm³/mol. The van der Waals surface area contributed by atoms with Crippen molar-refractivity contribution in [1.82, 2.24) is 4.90 Å². The molecule has 0 radical (unpaired) electrons. The van der Waals surface area contributed by atoms with Crippen molar-refractivity contribution in [3.05, 3.63) is 0 Å². The zero-order valence-corrected chi connectivity index (χ0v) is 10.1. The van der Waals surface area contributed by atoms with E-state index in [9.17, 15) is 9.59 Å². The van der Waals surface area contributed by atoms with Gasteiger partial charge >= 0.3 is 5.97 Å². The van der Waals surface area contributed by atoms with E-state index in [2.05, 4.69) is 0 Å². The highest BCUT2D eigenvalue weighted by Crippen LogP contribution is 2.27. The van der Waals surface area contributed by atoms with Crippen LogP contribution < -0.4 is 0 Å². The van der Waals surface area contributed by atoms with E-state index in [-0.39, 0.29) is 24.9 Å². The largest absolute Gasteiger partial charge is 0.480 e. The zero-order valence-electron chi connectivity index (χ0n) is 10.1. The number of nitrogens with zero attached hydrogens (tertiary/aromatic N) is 1. The Kier molecular flexibility index (Phi) is 5.93. The van der Waals surface area contributed by atoms with Crippen LogP contribution in [0, 0.1) is 0 Å². The van der Waals surface area contributed by atoms with E-state index in [1.807, 2.05) is 0 Å². The maximum absolute atomic E-state index is 11.7. The topological polar surface area (TPSA) is 76.1 Å². The Morgan fingerprint density at radius 1 is 1.29 bits per heavy atom. The molecule has 0 bridgehead atoms. The maximum Gasteiger partial charge on any atom is 0.323 e. The van der Waals surface area contributed by atoms with Gasteiger partial charge in [0.05, 0.1) is 26.2 Å². The molecular weight excluding hydrogens is 226 g/mol. The first-order valence-electron chi connectivity index (χ1n) is 5.73. The molecule has 1 rings (SSSR count). The minimum atomic E-state index is -0.967. The van der Waals surface area contributed by atoms with Crippen LogP contribution in [0.4, 0.5) is 0 Å². The molecule has 1 N–H and O–H groups in total. The SMILES string of the molecule is COCCOCCC(=O)N(CC(=O)O)C1CC1. The summed E-state index contributed by atoms with van der Waals surface area (Å²) in [6.07, 6.45) is 2.04. The van der Waals surface area contributed by atoms with Crippen LogP contribution in [-0.4, -0.2) is 61.4 Å². The van der Waals surface area contributed by atoms with Crippen LogP contribution in [0.15, 0.2) is 0 Å². The maximum atomic E-state index is 11.7. The first-order valence-corrected chi connectivity index (χ1v) is 5.73. The summed E-state index contributed by atoms with van der Waals surface area (Å²) in [5.41, 5.74) is 0. The first kappa shape index (κ1) is 13.9. The van der Waals surface area contributed by atoms with Gasteiger partial charge in [-0.2, -0.15) is 0 Å². The van der Waals surface area contributed by atoms with Crippen molar-refractivity contribution >= 4 is 11.9 Å². The molecule has 0 aliphatic heterocycles. The molecule has 0 aromatic carbocycles. The van der Waals surface area contributed by atoms with Gasteiger partial charge < -0.3 is 19.5 Å². The number of carbonyl (C=O) groups excluding carboxylic acids is 1. The van der Waals surface area contributed by atoms with E-state index in [4.69, 9.17) is 14.6 Å². The fourth-order valence-electron chi connectivity index (χ4n) is 1.50. The fourth-order valence-corrected chi connectivity index (χ4v) is 1.50. The molecule has 98 valence electrons. The van der Waals surface area contributed by atoms with E-state index in [0.717, 1.165) is 12.8 Å². The number of methoxy groups -OCH3 is 1. The second-order valence-corrected chi connectivity index (χ2v) is 4.00. The second kappa shape index (κ2) is 7.24. The first-order chi connectivity index (χ1) is 8.15. The molecule has 1 aliphatic rings. The summed E-state index contributed by atoms with van der Waals surface area (Å²) in [5, 5.41) is 8.71. The molecule has 0 unspecified atom stereocenters. The Morgan fingerprint density at radius 3 is 2.53 bits per heavy atom. The summed E-state index contributed by atoms with van der Waals surface area (Å²) in [7, 11) is 1.58. The smallest absolute Gasteiger partial charge is 0.323 e. The molecule has 6 nitrogen and oxygen atoms in total. The van der Waals surface area contributed by atoms with Crippen LogP contribution in [0.2, 0.25) is 0 Å². The lowest BCUT2D eigenvalue weighted by atomic mass is 10.3. The molecule has 6 heteroatoms. The van der Waals surface area contributed by atoms with Crippen molar-refractivity contribution in [3.63, 3.8) is 0 Å². The summed E-state index contributed by atoms with van der Waals surface area (Å²) < 4.78 is 9.98. The Morgan fingerprint density at radius 2 is 2.00 bits per heavy atom. The van der Waals surface area contributed by atoms with Gasteiger partial charge in [-0.1, -0.05) is 0 Å². The number of ether oxygens (including phenoxy) is 2. The molecule has 0 atom stereocenters. The Balaban J connectivity index is 2.20. The molecule has 1 saturated carbocycles. The Labute approximate surface area is 100 Å². The lowest BCUT2D eigenvalue weighted by Gasteiger charge is -2.20. The van der Waals surface area contributed by atoms with Gasteiger partial charge in [-0.3, -0.25) is 9.59 Å². The average molecular weight is 245 g/mol. The average Bonchev–Trinajstić information content (AvgIpc) is 3.09. The number of carboxylic acids is 1. The third kappa shape index (κ3) is 5.65. The van der Waals surface area contributed by atoms with Crippen molar-refractivity contribution in [3.8, 4) is 0 Å². The lowest BCUT2D eigenvalue weighted by molar-refractivity contribution is -0.145. The molecule has 1 amide bonds. The number of hydrogen-bond donors (Lipinski definition) is 1. The summed E-state index contributed by atoms with van der Waals surface area (Å²) in [5.74, 6) is -1.11. The van der Waals surface area contributed by atoms with Gasteiger partial charge in [-0.05, 0) is 12.8 Å². The van der Waals surface area contributed by atoms with Gasteiger partial charge in [-0.15, -0.1) is 0 Å².